The molecule has 2 rings (SSSR count). The molecule has 4 nitrogen and oxygen atoms in total. The van der Waals surface area contributed by atoms with Crippen molar-refractivity contribution in [2.45, 2.75) is 23.0 Å². The van der Waals surface area contributed by atoms with Gasteiger partial charge in [-0.05, 0) is 46.8 Å². The molecule has 6 heteroatoms. The quantitative estimate of drug-likeness (QED) is 0.922. The molecule has 0 bridgehead atoms. The lowest BCUT2D eigenvalue weighted by Gasteiger charge is -2.13. The van der Waals surface area contributed by atoms with Crippen molar-refractivity contribution >= 4 is 31.7 Å². The largest absolute Gasteiger partial charge is 0.480 e. The third-order valence-electron chi connectivity index (χ3n) is 2.77. The highest BCUT2D eigenvalue weighted by molar-refractivity contribution is 9.10. The molecule has 1 aliphatic rings. The molecule has 1 aromatic carbocycles. The van der Waals surface area contributed by atoms with Crippen molar-refractivity contribution in [3.05, 3.63) is 28.7 Å². The first kappa shape index (κ1) is 12.6. The molecule has 1 fully saturated rings. The third kappa shape index (κ3) is 2.37. The summed E-state index contributed by atoms with van der Waals surface area (Å²) in [4.78, 5) is 11.2. The van der Waals surface area contributed by atoms with Crippen LogP contribution in [-0.4, -0.2) is 24.7 Å². The van der Waals surface area contributed by atoms with E-state index in [2.05, 4.69) is 15.9 Å². The number of aliphatic carboxylic acids is 1. The monoisotopic (exact) mass is 318 g/mol. The van der Waals surface area contributed by atoms with Crippen molar-refractivity contribution in [3.8, 4) is 0 Å². The van der Waals surface area contributed by atoms with Gasteiger partial charge in [0.15, 0.2) is 15.1 Å². The van der Waals surface area contributed by atoms with Crippen LogP contribution in [0.1, 0.15) is 12.8 Å². The SMILES string of the molecule is O=C(O)C(C1CC1)S(=O)(=O)c1ccccc1Br. The Bertz CT molecular complexity index is 548. The van der Waals surface area contributed by atoms with Gasteiger partial charge in [-0.3, -0.25) is 4.79 Å². The van der Waals surface area contributed by atoms with Gasteiger partial charge < -0.3 is 5.11 Å². The first-order valence-corrected chi connectivity index (χ1v) is 7.50. The van der Waals surface area contributed by atoms with E-state index in [1.165, 1.54) is 6.07 Å². The first-order valence-electron chi connectivity index (χ1n) is 5.16. The average Bonchev–Trinajstić information content (AvgIpc) is 3.01. The number of carboxylic acid groups (broad SMARTS) is 1. The first-order chi connectivity index (χ1) is 7.94. The Morgan fingerprint density at radius 2 is 1.94 bits per heavy atom. The summed E-state index contributed by atoms with van der Waals surface area (Å²) < 4.78 is 24.9. The molecule has 1 unspecified atom stereocenters. The van der Waals surface area contributed by atoms with Gasteiger partial charge >= 0.3 is 5.97 Å². The molecule has 0 aliphatic heterocycles. The molecule has 0 saturated heterocycles. The molecule has 1 aliphatic carbocycles. The van der Waals surface area contributed by atoms with Crippen molar-refractivity contribution in [3.63, 3.8) is 0 Å². The van der Waals surface area contributed by atoms with Gasteiger partial charge in [-0.15, -0.1) is 0 Å². The zero-order valence-electron chi connectivity index (χ0n) is 8.84. The summed E-state index contributed by atoms with van der Waals surface area (Å²) in [7, 11) is -3.81. The Labute approximate surface area is 108 Å². The smallest absolute Gasteiger partial charge is 0.322 e. The number of halogens is 1. The van der Waals surface area contributed by atoms with Gasteiger partial charge in [-0.1, -0.05) is 12.1 Å². The molecule has 1 saturated carbocycles. The summed E-state index contributed by atoms with van der Waals surface area (Å²) in [5.41, 5.74) is 0. The van der Waals surface area contributed by atoms with Gasteiger partial charge in [0.05, 0.1) is 4.90 Å². The van der Waals surface area contributed by atoms with E-state index in [0.29, 0.717) is 17.3 Å². The Kier molecular flexibility index (Phi) is 3.27. The van der Waals surface area contributed by atoms with E-state index in [1.54, 1.807) is 18.2 Å². The topological polar surface area (TPSA) is 71.4 Å². The predicted octanol–water partition coefficient (Wildman–Crippen LogP) is 2.09. The lowest BCUT2D eigenvalue weighted by atomic mass is 10.3. The summed E-state index contributed by atoms with van der Waals surface area (Å²) in [6.07, 6.45) is 1.33. The fourth-order valence-corrected chi connectivity index (χ4v) is 4.69. The van der Waals surface area contributed by atoms with Crippen molar-refractivity contribution < 1.29 is 18.3 Å². The minimum atomic E-state index is -3.81. The van der Waals surface area contributed by atoms with E-state index >= 15 is 0 Å². The second-order valence-electron chi connectivity index (χ2n) is 4.07. The Morgan fingerprint density at radius 3 is 2.41 bits per heavy atom. The van der Waals surface area contributed by atoms with Crippen molar-refractivity contribution in [2.24, 2.45) is 5.92 Å². The number of sulfone groups is 1. The standard InChI is InChI=1S/C11H11BrO4S/c12-8-3-1-2-4-9(8)17(15,16)10(11(13)14)7-5-6-7/h1-4,7,10H,5-6H2,(H,13,14). The highest BCUT2D eigenvalue weighted by Crippen LogP contribution is 2.39. The Balaban J connectivity index is 2.48. The Hall–Kier alpha value is -0.880. The van der Waals surface area contributed by atoms with Gasteiger partial charge in [0, 0.05) is 4.47 Å². The van der Waals surface area contributed by atoms with E-state index < -0.39 is 21.1 Å². The summed E-state index contributed by atoms with van der Waals surface area (Å²) in [6.45, 7) is 0. The molecule has 0 radical (unpaired) electrons. The van der Waals surface area contributed by atoms with Gasteiger partial charge in [-0.25, -0.2) is 8.42 Å². The van der Waals surface area contributed by atoms with Crippen LogP contribution in [0.25, 0.3) is 0 Å². The number of carbonyl (C=O) groups is 1. The lowest BCUT2D eigenvalue weighted by molar-refractivity contribution is -0.136. The van der Waals surface area contributed by atoms with Crippen LogP contribution < -0.4 is 0 Å². The summed E-state index contributed by atoms with van der Waals surface area (Å²) in [5.74, 6) is -1.51. The van der Waals surface area contributed by atoms with Crippen LogP contribution in [0.5, 0.6) is 0 Å². The van der Waals surface area contributed by atoms with Crippen molar-refractivity contribution in [1.29, 1.82) is 0 Å². The fourth-order valence-electron chi connectivity index (χ4n) is 1.80. The molecule has 0 aromatic heterocycles. The van der Waals surface area contributed by atoms with E-state index in [-0.39, 0.29) is 10.8 Å². The molecule has 0 spiro atoms. The zero-order valence-corrected chi connectivity index (χ0v) is 11.2. The van der Waals surface area contributed by atoms with E-state index in [0.717, 1.165) is 0 Å². The van der Waals surface area contributed by atoms with Crippen LogP contribution in [-0.2, 0) is 14.6 Å². The molecule has 0 heterocycles. The minimum Gasteiger partial charge on any atom is -0.480 e. The van der Waals surface area contributed by atoms with Crippen LogP contribution in [0.3, 0.4) is 0 Å². The molecule has 1 aromatic rings. The highest BCUT2D eigenvalue weighted by atomic mass is 79.9. The predicted molar refractivity (Wildman–Crippen MR) is 65.5 cm³/mol. The van der Waals surface area contributed by atoms with Crippen LogP contribution in [0.15, 0.2) is 33.6 Å². The fraction of sp³-hybridized carbons (Fsp3) is 0.364. The highest BCUT2D eigenvalue weighted by Gasteiger charge is 2.46. The molecule has 1 N–H and O–H groups in total. The summed E-state index contributed by atoms with van der Waals surface area (Å²) in [5, 5.41) is 7.76. The van der Waals surface area contributed by atoms with Crippen LogP contribution in [0, 0.1) is 5.92 Å². The van der Waals surface area contributed by atoms with Gasteiger partial charge in [0.1, 0.15) is 0 Å². The molecule has 1 atom stereocenters. The molecular weight excluding hydrogens is 308 g/mol. The van der Waals surface area contributed by atoms with Crippen LogP contribution in [0.4, 0.5) is 0 Å². The van der Waals surface area contributed by atoms with Crippen molar-refractivity contribution in [2.75, 3.05) is 0 Å². The maximum atomic E-state index is 12.3. The molecular formula is C11H11BrO4S. The third-order valence-corrected chi connectivity index (χ3v) is 5.95. The maximum Gasteiger partial charge on any atom is 0.322 e. The zero-order chi connectivity index (χ0) is 12.6. The van der Waals surface area contributed by atoms with Crippen LogP contribution >= 0.6 is 15.9 Å². The summed E-state index contributed by atoms with van der Waals surface area (Å²) >= 11 is 3.15. The average molecular weight is 319 g/mol. The van der Waals surface area contributed by atoms with Gasteiger partial charge in [-0.2, -0.15) is 0 Å². The van der Waals surface area contributed by atoms with Gasteiger partial charge in [0.25, 0.3) is 0 Å². The van der Waals surface area contributed by atoms with E-state index in [1.807, 2.05) is 0 Å². The van der Waals surface area contributed by atoms with Gasteiger partial charge in [0.2, 0.25) is 0 Å². The molecule has 17 heavy (non-hydrogen) atoms. The number of hydrogen-bond acceptors (Lipinski definition) is 3. The maximum absolute atomic E-state index is 12.3. The number of benzene rings is 1. The minimum absolute atomic E-state index is 0.0549. The number of rotatable bonds is 4. The molecule has 0 amide bonds. The Morgan fingerprint density at radius 1 is 1.35 bits per heavy atom. The van der Waals surface area contributed by atoms with E-state index in [9.17, 15) is 13.2 Å². The second-order valence-corrected chi connectivity index (χ2v) is 6.96. The lowest BCUT2D eigenvalue weighted by Crippen LogP contribution is -2.32. The molecule has 92 valence electrons. The normalized spacial score (nSPS) is 17.7. The second kappa shape index (κ2) is 4.42. The van der Waals surface area contributed by atoms with Crippen LogP contribution in [0.2, 0.25) is 0 Å². The summed E-state index contributed by atoms with van der Waals surface area (Å²) in [6, 6.07) is 6.30. The van der Waals surface area contributed by atoms with E-state index in [4.69, 9.17) is 5.11 Å². The van der Waals surface area contributed by atoms with Crippen molar-refractivity contribution in [1.82, 2.24) is 0 Å². The number of carboxylic acids is 1. The number of hydrogen-bond donors (Lipinski definition) is 1.